The minimum absolute atomic E-state index is 0.151. The van der Waals surface area contributed by atoms with Crippen molar-refractivity contribution in [2.45, 2.75) is 6.92 Å². The van der Waals surface area contributed by atoms with E-state index in [1.54, 1.807) is 48.3 Å². The topological polar surface area (TPSA) is 118 Å². The predicted molar refractivity (Wildman–Crippen MR) is 111 cm³/mol. The molecule has 0 spiro atoms. The van der Waals surface area contributed by atoms with E-state index in [-0.39, 0.29) is 5.82 Å². The fraction of sp³-hybridized carbons (Fsp3) is 0.0556. The Labute approximate surface area is 174 Å². The Kier molecular flexibility index (Phi) is 4.91. The maximum absolute atomic E-state index is 10.9. The van der Waals surface area contributed by atoms with E-state index in [0.717, 1.165) is 0 Å². The molecule has 0 aliphatic carbocycles. The number of carboxylic acid groups (broad SMARTS) is 1. The number of pyridine rings is 1. The highest BCUT2D eigenvalue weighted by atomic mass is 35.5. The second kappa shape index (κ2) is 7.53. The Morgan fingerprint density at radius 2 is 1.86 bits per heavy atom. The lowest BCUT2D eigenvalue weighted by atomic mass is 10.3. The van der Waals surface area contributed by atoms with Gasteiger partial charge in [0, 0.05) is 18.5 Å². The summed E-state index contributed by atoms with van der Waals surface area (Å²) in [5, 5.41) is 20.3. The average Bonchev–Trinajstić information content (AvgIpc) is 3.05. The number of carbonyl (C=O) groups is 1. The molecule has 0 radical (unpaired) electrons. The molecule has 0 fully saturated rings. The van der Waals surface area contributed by atoms with Crippen LogP contribution >= 0.6 is 23.2 Å². The summed E-state index contributed by atoms with van der Waals surface area (Å²) in [6.07, 6.45) is 2.13. The first-order valence-electron chi connectivity index (χ1n) is 8.32. The van der Waals surface area contributed by atoms with Crippen LogP contribution < -0.4 is 10.6 Å². The summed E-state index contributed by atoms with van der Waals surface area (Å²) in [6, 6.07) is 8.44. The van der Waals surface area contributed by atoms with Crippen molar-refractivity contribution in [1.82, 2.24) is 24.7 Å². The number of benzene rings is 1. The monoisotopic (exact) mass is 429 g/mol. The number of aromatic nitrogens is 5. The van der Waals surface area contributed by atoms with Crippen LogP contribution in [-0.4, -0.2) is 35.9 Å². The summed E-state index contributed by atoms with van der Waals surface area (Å²) in [7, 11) is 0. The highest BCUT2D eigenvalue weighted by Gasteiger charge is 2.14. The molecule has 0 unspecified atom stereocenters. The molecule has 1 amide bonds. The Balaban J connectivity index is 1.75. The van der Waals surface area contributed by atoms with Crippen molar-refractivity contribution in [3.05, 3.63) is 58.6 Å². The van der Waals surface area contributed by atoms with Crippen LogP contribution in [0.1, 0.15) is 5.82 Å². The Bertz CT molecular complexity index is 1220. The normalized spacial score (nSPS) is 10.9. The minimum Gasteiger partial charge on any atom is -0.465 e. The zero-order chi connectivity index (χ0) is 20.5. The minimum atomic E-state index is -1.22. The van der Waals surface area contributed by atoms with E-state index in [2.05, 4.69) is 30.7 Å². The number of amides is 1. The molecule has 0 saturated carbocycles. The molecule has 146 valence electrons. The number of anilines is 3. The number of hydrogen-bond donors (Lipinski definition) is 3. The second-order valence-electron chi connectivity index (χ2n) is 5.98. The third-order valence-electron chi connectivity index (χ3n) is 3.92. The fourth-order valence-corrected chi connectivity index (χ4v) is 3.36. The zero-order valence-corrected chi connectivity index (χ0v) is 16.4. The van der Waals surface area contributed by atoms with Gasteiger partial charge >= 0.3 is 6.09 Å². The van der Waals surface area contributed by atoms with Crippen LogP contribution in [-0.2, 0) is 0 Å². The van der Waals surface area contributed by atoms with E-state index in [1.165, 1.54) is 6.07 Å². The van der Waals surface area contributed by atoms with Crippen LogP contribution in [0.2, 0.25) is 10.0 Å². The average molecular weight is 430 g/mol. The quantitative estimate of drug-likeness (QED) is 0.431. The molecule has 3 N–H and O–H groups in total. The molecule has 4 aromatic rings. The molecule has 0 aliphatic heterocycles. The van der Waals surface area contributed by atoms with Crippen molar-refractivity contribution in [2.24, 2.45) is 0 Å². The Morgan fingerprint density at radius 1 is 1.14 bits per heavy atom. The number of rotatable bonds is 4. The summed E-state index contributed by atoms with van der Waals surface area (Å²) < 4.78 is 1.59. The molecule has 0 aliphatic rings. The van der Waals surface area contributed by atoms with Crippen LogP contribution in [0, 0.1) is 6.92 Å². The van der Waals surface area contributed by atoms with E-state index in [0.29, 0.717) is 44.1 Å². The predicted octanol–water partition coefficient (Wildman–Crippen LogP) is 4.66. The van der Waals surface area contributed by atoms with Gasteiger partial charge in [-0.25, -0.2) is 24.4 Å². The number of halogens is 2. The van der Waals surface area contributed by atoms with Crippen molar-refractivity contribution in [2.75, 3.05) is 10.6 Å². The van der Waals surface area contributed by atoms with Crippen molar-refractivity contribution in [3.8, 4) is 5.69 Å². The van der Waals surface area contributed by atoms with E-state index in [1.807, 2.05) is 0 Å². The lowest BCUT2D eigenvalue weighted by Gasteiger charge is -2.08. The van der Waals surface area contributed by atoms with E-state index >= 15 is 0 Å². The maximum Gasteiger partial charge on any atom is 0.410 e. The third kappa shape index (κ3) is 3.91. The molecular formula is C18H13Cl2N7O2. The van der Waals surface area contributed by atoms with Crippen LogP contribution in [0.5, 0.6) is 0 Å². The highest BCUT2D eigenvalue weighted by molar-refractivity contribution is 6.37. The number of para-hydroxylation sites is 1. The van der Waals surface area contributed by atoms with Gasteiger partial charge in [0.2, 0.25) is 0 Å². The molecule has 4 rings (SSSR count). The largest absolute Gasteiger partial charge is 0.465 e. The van der Waals surface area contributed by atoms with E-state index in [4.69, 9.17) is 28.3 Å². The molecule has 29 heavy (non-hydrogen) atoms. The SMILES string of the molecule is Cc1nc(NC(=O)O)cc(Nc2nccc3nn(-c4c(Cl)cccc4Cl)cc23)n1. The number of aryl methyl sites for hydroxylation is 1. The lowest BCUT2D eigenvalue weighted by molar-refractivity contribution is 0.209. The standard InChI is InChI=1S/C18H13Cl2N7O2/c1-9-22-14(7-15(23-9)25-18(28)29)24-17-10-8-27(26-13(10)5-6-21-17)16-11(19)3-2-4-12(16)20/h2-8H,1H3,(H,28,29)(H2,21,22,23,24,25). The van der Waals surface area contributed by atoms with Gasteiger partial charge in [0.05, 0.1) is 20.9 Å². The maximum atomic E-state index is 10.9. The number of fused-ring (bicyclic) bond motifs is 1. The Morgan fingerprint density at radius 3 is 2.59 bits per heavy atom. The van der Waals surface area contributed by atoms with Gasteiger partial charge < -0.3 is 10.4 Å². The van der Waals surface area contributed by atoms with Gasteiger partial charge in [0.15, 0.2) is 0 Å². The Hall–Kier alpha value is -3.43. The molecule has 11 heteroatoms. The van der Waals surface area contributed by atoms with Crippen LogP contribution in [0.15, 0.2) is 42.7 Å². The molecule has 3 heterocycles. The van der Waals surface area contributed by atoms with Crippen molar-refractivity contribution in [3.63, 3.8) is 0 Å². The van der Waals surface area contributed by atoms with Crippen LogP contribution in [0.25, 0.3) is 16.6 Å². The van der Waals surface area contributed by atoms with Gasteiger partial charge in [-0.15, -0.1) is 0 Å². The third-order valence-corrected chi connectivity index (χ3v) is 4.53. The summed E-state index contributed by atoms with van der Waals surface area (Å²) >= 11 is 12.6. The van der Waals surface area contributed by atoms with Crippen molar-refractivity contribution >= 4 is 57.7 Å². The molecule has 3 aromatic heterocycles. The molecule has 9 nitrogen and oxygen atoms in total. The molecule has 1 aromatic carbocycles. The summed E-state index contributed by atoms with van der Waals surface area (Å²) in [6.45, 7) is 1.66. The van der Waals surface area contributed by atoms with Crippen LogP contribution in [0.3, 0.4) is 0 Å². The highest BCUT2D eigenvalue weighted by Crippen LogP contribution is 2.31. The van der Waals surface area contributed by atoms with Gasteiger partial charge in [-0.1, -0.05) is 29.3 Å². The molecular weight excluding hydrogens is 417 g/mol. The summed E-state index contributed by atoms with van der Waals surface area (Å²) in [5.41, 5.74) is 1.22. The van der Waals surface area contributed by atoms with Gasteiger partial charge in [0.1, 0.15) is 29.0 Å². The number of nitrogens with zero attached hydrogens (tertiary/aromatic N) is 5. The van der Waals surface area contributed by atoms with Crippen molar-refractivity contribution in [1.29, 1.82) is 0 Å². The first-order valence-corrected chi connectivity index (χ1v) is 9.08. The first-order chi connectivity index (χ1) is 13.9. The second-order valence-corrected chi connectivity index (χ2v) is 6.79. The van der Waals surface area contributed by atoms with Gasteiger partial charge in [-0.3, -0.25) is 5.32 Å². The summed E-state index contributed by atoms with van der Waals surface area (Å²) in [5.74, 6) is 1.41. The lowest BCUT2D eigenvalue weighted by Crippen LogP contribution is -2.10. The van der Waals surface area contributed by atoms with Gasteiger partial charge in [-0.2, -0.15) is 5.10 Å². The first kappa shape index (κ1) is 18.9. The number of hydrogen-bond acceptors (Lipinski definition) is 6. The smallest absolute Gasteiger partial charge is 0.410 e. The molecule has 0 bridgehead atoms. The molecule has 0 saturated heterocycles. The van der Waals surface area contributed by atoms with Gasteiger partial charge in [0.25, 0.3) is 0 Å². The molecule has 0 atom stereocenters. The van der Waals surface area contributed by atoms with Crippen molar-refractivity contribution < 1.29 is 9.90 Å². The van der Waals surface area contributed by atoms with E-state index in [9.17, 15) is 4.79 Å². The zero-order valence-electron chi connectivity index (χ0n) is 14.9. The van der Waals surface area contributed by atoms with Gasteiger partial charge in [-0.05, 0) is 25.1 Å². The van der Waals surface area contributed by atoms with Crippen LogP contribution in [0.4, 0.5) is 22.2 Å². The van der Waals surface area contributed by atoms with E-state index < -0.39 is 6.09 Å². The number of nitrogens with one attached hydrogen (secondary N) is 2. The summed E-state index contributed by atoms with van der Waals surface area (Å²) in [4.78, 5) is 23.5. The fourth-order valence-electron chi connectivity index (χ4n) is 2.79.